The predicted molar refractivity (Wildman–Crippen MR) is 54.1 cm³/mol. The first-order valence-corrected chi connectivity index (χ1v) is 5.03. The van der Waals surface area contributed by atoms with Crippen LogP contribution in [0.2, 0.25) is 0 Å². The molecule has 109 valence electrons. The Kier molecular flexibility index (Phi) is 15.0. The molecule has 0 N–H and O–H groups in total. The van der Waals surface area contributed by atoms with Gasteiger partial charge in [0.05, 0.1) is 11.9 Å². The molecule has 0 aliphatic heterocycles. The van der Waals surface area contributed by atoms with Gasteiger partial charge in [-0.1, -0.05) is 0 Å². The van der Waals surface area contributed by atoms with E-state index in [1.807, 2.05) is 0 Å². The first-order valence-electron chi connectivity index (χ1n) is 5.03. The molecule has 6 nitrogen and oxygen atoms in total. The van der Waals surface area contributed by atoms with Gasteiger partial charge in [-0.05, 0) is 27.7 Å². The second-order valence-electron chi connectivity index (χ2n) is 3.00. The molecule has 0 bridgehead atoms. The largest absolute Gasteiger partial charge is 2.00 e. The van der Waals surface area contributed by atoms with Crippen LogP contribution in [0.3, 0.4) is 0 Å². The summed E-state index contributed by atoms with van der Waals surface area (Å²) in [6.07, 6.45) is 0. The van der Waals surface area contributed by atoms with Crippen LogP contribution >= 0.6 is 0 Å². The molecule has 0 aromatic carbocycles. The van der Waals surface area contributed by atoms with Crippen molar-refractivity contribution in [2.24, 2.45) is 0 Å². The Labute approximate surface area is 114 Å². The van der Waals surface area contributed by atoms with E-state index < -0.39 is 11.9 Å². The number of hydrogen-bond acceptors (Lipinski definition) is 6. The zero-order valence-corrected chi connectivity index (χ0v) is 12.1. The molecule has 0 aliphatic carbocycles. The Bertz CT molecular complexity index is 145. The van der Waals surface area contributed by atoms with Crippen LogP contribution in [-0.4, -0.2) is 39.4 Å². The van der Waals surface area contributed by atoms with Crippen LogP contribution in [0.4, 0.5) is 0 Å². The molecule has 17 heavy (non-hydrogen) atoms. The predicted octanol–water partition coefficient (Wildman–Crippen LogP) is -0.596. The van der Waals surface area contributed by atoms with Gasteiger partial charge in [-0.25, -0.2) is 0 Å². The summed E-state index contributed by atoms with van der Waals surface area (Å²) in [4.78, 5) is 0. The summed E-state index contributed by atoms with van der Waals surface area (Å²) in [7, 11) is 2.64. The van der Waals surface area contributed by atoms with Crippen molar-refractivity contribution in [2.75, 3.05) is 27.4 Å². The Morgan fingerprint density at radius 3 is 1.12 bits per heavy atom. The molecule has 0 amide bonds. The van der Waals surface area contributed by atoms with E-state index in [9.17, 15) is 10.2 Å². The monoisotopic (exact) mass is 301 g/mol. The third-order valence-corrected chi connectivity index (χ3v) is 1.55. The van der Waals surface area contributed by atoms with E-state index in [0.717, 1.165) is 0 Å². The average Bonchev–Trinajstić information content (AvgIpc) is 2.19. The molecule has 2 unspecified atom stereocenters. The number of methoxy groups -OCH3 is 2. The van der Waals surface area contributed by atoms with Crippen molar-refractivity contribution in [3.05, 3.63) is 0 Å². The van der Waals surface area contributed by atoms with Crippen molar-refractivity contribution in [3.63, 3.8) is 0 Å². The van der Waals surface area contributed by atoms with E-state index in [1.165, 1.54) is 28.1 Å². The molecule has 0 spiro atoms. The Balaban J connectivity index is -0.000000218. The SMILES string of the molecule is CCOC(C)([O-])OC.CCOC(C)([O-])OC.[Cu+2]. The number of ether oxygens (including phenoxy) is 4. The van der Waals surface area contributed by atoms with E-state index in [4.69, 9.17) is 0 Å². The molecule has 2 atom stereocenters. The first kappa shape index (κ1) is 22.5. The maximum Gasteiger partial charge on any atom is 2.00 e. The van der Waals surface area contributed by atoms with Crippen molar-refractivity contribution < 1.29 is 46.2 Å². The summed E-state index contributed by atoms with van der Waals surface area (Å²) in [5.74, 6) is -3.32. The summed E-state index contributed by atoms with van der Waals surface area (Å²) in [6, 6.07) is 0. The van der Waals surface area contributed by atoms with Crippen molar-refractivity contribution in [3.8, 4) is 0 Å². The van der Waals surface area contributed by atoms with Crippen LogP contribution in [0, 0.1) is 0 Å². The molecule has 0 aromatic rings. The smallest absolute Gasteiger partial charge is 0.807 e. The Morgan fingerprint density at radius 1 is 0.824 bits per heavy atom. The molecule has 0 saturated heterocycles. The molecule has 0 heterocycles. The zero-order valence-electron chi connectivity index (χ0n) is 11.2. The fraction of sp³-hybridized carbons (Fsp3) is 1.00. The molecule has 0 rings (SSSR count). The van der Waals surface area contributed by atoms with Gasteiger partial charge in [0.2, 0.25) is 0 Å². The summed E-state index contributed by atoms with van der Waals surface area (Å²) in [6.45, 7) is 6.92. The molecular weight excluding hydrogens is 280 g/mol. The molecular formula is C10H22CuO6. The van der Waals surface area contributed by atoms with E-state index in [-0.39, 0.29) is 17.1 Å². The fourth-order valence-corrected chi connectivity index (χ4v) is 0.642. The molecule has 0 fully saturated rings. The molecule has 1 radical (unpaired) electrons. The standard InChI is InChI=1S/2C5H11O3.Cu/c2*1-4-8-5(2,6)7-3;/h2*4H2,1-3H3;/q2*-1;+2. The zero-order chi connectivity index (χ0) is 13.2. The van der Waals surface area contributed by atoms with Gasteiger partial charge in [0.25, 0.3) is 0 Å². The molecule has 0 saturated carbocycles. The summed E-state index contributed by atoms with van der Waals surface area (Å²) >= 11 is 0. The topological polar surface area (TPSA) is 83.0 Å². The second-order valence-corrected chi connectivity index (χ2v) is 3.00. The van der Waals surface area contributed by atoms with E-state index in [2.05, 4.69) is 18.9 Å². The van der Waals surface area contributed by atoms with Crippen LogP contribution < -0.4 is 10.2 Å². The summed E-state index contributed by atoms with van der Waals surface area (Å²) in [5, 5.41) is 21.3. The van der Waals surface area contributed by atoms with Crippen LogP contribution in [-0.2, 0) is 36.0 Å². The first-order chi connectivity index (χ1) is 7.24. The van der Waals surface area contributed by atoms with Crippen LogP contribution in [0.1, 0.15) is 27.7 Å². The normalized spacial score (nSPS) is 16.9. The van der Waals surface area contributed by atoms with Crippen LogP contribution in [0.5, 0.6) is 0 Å². The summed E-state index contributed by atoms with van der Waals surface area (Å²) in [5.41, 5.74) is 0. The minimum atomic E-state index is -1.66. The van der Waals surface area contributed by atoms with Gasteiger partial charge in [0.1, 0.15) is 0 Å². The average molecular weight is 302 g/mol. The van der Waals surface area contributed by atoms with Gasteiger partial charge in [-0.3, -0.25) is 0 Å². The second kappa shape index (κ2) is 11.4. The van der Waals surface area contributed by atoms with E-state index in [0.29, 0.717) is 13.2 Å². The maximum absolute atomic E-state index is 10.6. The Morgan fingerprint density at radius 2 is 1.06 bits per heavy atom. The van der Waals surface area contributed by atoms with Gasteiger partial charge < -0.3 is 29.2 Å². The van der Waals surface area contributed by atoms with Gasteiger partial charge in [0, 0.05) is 27.4 Å². The van der Waals surface area contributed by atoms with Crippen molar-refractivity contribution in [1.29, 1.82) is 0 Å². The van der Waals surface area contributed by atoms with Gasteiger partial charge in [0.15, 0.2) is 0 Å². The van der Waals surface area contributed by atoms with E-state index in [1.54, 1.807) is 13.8 Å². The van der Waals surface area contributed by atoms with Crippen molar-refractivity contribution in [2.45, 2.75) is 39.6 Å². The number of hydrogen-bond donors (Lipinski definition) is 0. The van der Waals surface area contributed by atoms with Crippen LogP contribution in [0.15, 0.2) is 0 Å². The fourth-order valence-electron chi connectivity index (χ4n) is 0.642. The van der Waals surface area contributed by atoms with Gasteiger partial charge >= 0.3 is 17.1 Å². The van der Waals surface area contributed by atoms with Gasteiger partial charge in [-0.2, -0.15) is 0 Å². The quantitative estimate of drug-likeness (QED) is 0.481. The van der Waals surface area contributed by atoms with E-state index >= 15 is 0 Å². The molecule has 0 aliphatic rings. The third kappa shape index (κ3) is 16.3. The minimum Gasteiger partial charge on any atom is -0.807 e. The molecule has 7 heteroatoms. The van der Waals surface area contributed by atoms with Crippen molar-refractivity contribution >= 4 is 0 Å². The minimum absolute atomic E-state index is 0. The molecule has 0 aromatic heterocycles. The number of rotatable bonds is 6. The van der Waals surface area contributed by atoms with Gasteiger partial charge in [-0.15, -0.1) is 0 Å². The van der Waals surface area contributed by atoms with Crippen molar-refractivity contribution in [1.82, 2.24) is 0 Å². The summed E-state index contributed by atoms with van der Waals surface area (Å²) < 4.78 is 18.0. The van der Waals surface area contributed by atoms with Crippen LogP contribution in [0.25, 0.3) is 0 Å². The Hall–Kier alpha value is 0.279. The maximum atomic E-state index is 10.6. The third-order valence-electron chi connectivity index (χ3n) is 1.55.